The van der Waals surface area contributed by atoms with Crippen molar-refractivity contribution >= 4 is 15.7 Å². The number of alkyl halides is 3. The van der Waals surface area contributed by atoms with Crippen molar-refractivity contribution in [1.82, 2.24) is 0 Å². The Hall–Kier alpha value is -2.16. The molecule has 9 heteroatoms. The first-order valence-electron chi connectivity index (χ1n) is 5.75. The Morgan fingerprint density at radius 1 is 0.909 bits per heavy atom. The zero-order valence-electron chi connectivity index (χ0n) is 10.7. The van der Waals surface area contributed by atoms with E-state index in [0.29, 0.717) is 18.2 Å². The van der Waals surface area contributed by atoms with Crippen LogP contribution < -0.4 is 4.72 Å². The topological polar surface area (TPSA) is 46.2 Å². The highest BCUT2D eigenvalue weighted by Crippen LogP contribution is 2.30. The molecule has 2 rings (SSSR count). The normalized spacial score (nSPS) is 12.2. The maximum atomic E-state index is 13.4. The van der Waals surface area contributed by atoms with Crippen LogP contribution in [-0.2, 0) is 16.2 Å². The Morgan fingerprint density at radius 3 is 2.05 bits per heavy atom. The molecule has 0 bridgehead atoms. The molecule has 0 aliphatic carbocycles. The van der Waals surface area contributed by atoms with E-state index in [1.54, 1.807) is 4.72 Å². The minimum Gasteiger partial charge on any atom is -0.277 e. The molecule has 0 heterocycles. The molecule has 0 saturated carbocycles. The summed E-state index contributed by atoms with van der Waals surface area (Å²) in [5, 5.41) is 0. The summed E-state index contributed by atoms with van der Waals surface area (Å²) in [5.41, 5.74) is -1.66. The van der Waals surface area contributed by atoms with E-state index in [0.717, 1.165) is 24.3 Å². The molecule has 118 valence electrons. The van der Waals surface area contributed by atoms with Gasteiger partial charge in [-0.1, -0.05) is 0 Å². The molecule has 3 nitrogen and oxygen atoms in total. The summed E-state index contributed by atoms with van der Waals surface area (Å²) in [7, 11) is -4.34. The average Bonchev–Trinajstić information content (AvgIpc) is 2.42. The van der Waals surface area contributed by atoms with Gasteiger partial charge in [-0.2, -0.15) is 13.2 Å². The lowest BCUT2D eigenvalue weighted by Crippen LogP contribution is -2.14. The molecule has 0 aliphatic rings. The van der Waals surface area contributed by atoms with Gasteiger partial charge >= 0.3 is 6.18 Å². The summed E-state index contributed by atoms with van der Waals surface area (Å²) in [5.74, 6) is -1.89. The Balaban J connectivity index is 2.33. The maximum absolute atomic E-state index is 13.4. The number of hydrogen-bond donors (Lipinski definition) is 1. The molecule has 0 spiro atoms. The second kappa shape index (κ2) is 5.56. The molecule has 0 atom stereocenters. The van der Waals surface area contributed by atoms with Crippen LogP contribution in [0.4, 0.5) is 27.6 Å². The highest BCUT2D eigenvalue weighted by Gasteiger charge is 2.30. The van der Waals surface area contributed by atoms with E-state index >= 15 is 0 Å². The van der Waals surface area contributed by atoms with Gasteiger partial charge in [-0.05, 0) is 36.4 Å². The largest absolute Gasteiger partial charge is 0.416 e. The molecule has 0 saturated heterocycles. The van der Waals surface area contributed by atoms with Crippen LogP contribution in [-0.4, -0.2) is 8.42 Å². The number of halogens is 5. The first kappa shape index (κ1) is 16.2. The van der Waals surface area contributed by atoms with Crippen molar-refractivity contribution in [2.45, 2.75) is 11.1 Å². The van der Waals surface area contributed by atoms with E-state index in [1.807, 2.05) is 0 Å². The van der Waals surface area contributed by atoms with Crippen molar-refractivity contribution in [1.29, 1.82) is 0 Å². The molecule has 0 amide bonds. The molecule has 22 heavy (non-hydrogen) atoms. The van der Waals surface area contributed by atoms with Gasteiger partial charge < -0.3 is 0 Å². The fourth-order valence-electron chi connectivity index (χ4n) is 1.60. The molecule has 2 aromatic rings. The minimum absolute atomic E-state index is 0.510. The van der Waals surface area contributed by atoms with E-state index in [2.05, 4.69) is 0 Å². The van der Waals surface area contributed by atoms with Crippen LogP contribution >= 0.6 is 0 Å². The first-order chi connectivity index (χ1) is 10.1. The van der Waals surface area contributed by atoms with Crippen LogP contribution in [0.3, 0.4) is 0 Å². The van der Waals surface area contributed by atoms with Crippen molar-refractivity contribution in [3.8, 4) is 0 Å². The fourth-order valence-corrected chi connectivity index (χ4v) is 2.66. The van der Waals surface area contributed by atoms with Gasteiger partial charge in [-0.3, -0.25) is 4.72 Å². The van der Waals surface area contributed by atoms with Gasteiger partial charge in [0.1, 0.15) is 11.6 Å². The van der Waals surface area contributed by atoms with Crippen LogP contribution in [0.25, 0.3) is 0 Å². The molecule has 1 N–H and O–H groups in total. The lowest BCUT2D eigenvalue weighted by Gasteiger charge is -2.10. The summed E-state index contributed by atoms with van der Waals surface area (Å²) in [4.78, 5) is -0.510. The maximum Gasteiger partial charge on any atom is 0.416 e. The molecule has 0 fully saturated rings. The van der Waals surface area contributed by atoms with Crippen molar-refractivity contribution in [2.75, 3.05) is 4.72 Å². The van der Waals surface area contributed by atoms with Crippen molar-refractivity contribution < 1.29 is 30.4 Å². The highest BCUT2D eigenvalue weighted by molar-refractivity contribution is 7.92. The van der Waals surface area contributed by atoms with Crippen LogP contribution in [0.5, 0.6) is 0 Å². The number of hydrogen-bond acceptors (Lipinski definition) is 2. The lowest BCUT2D eigenvalue weighted by molar-refractivity contribution is -0.137. The number of anilines is 1. The number of sulfonamides is 1. The Morgan fingerprint density at radius 2 is 1.50 bits per heavy atom. The van der Waals surface area contributed by atoms with Gasteiger partial charge in [0, 0.05) is 6.07 Å². The van der Waals surface area contributed by atoms with E-state index in [9.17, 15) is 30.4 Å². The predicted molar refractivity (Wildman–Crippen MR) is 68.6 cm³/mol. The summed E-state index contributed by atoms with van der Waals surface area (Å²) in [6.07, 6.45) is -4.61. The highest BCUT2D eigenvalue weighted by atomic mass is 32.2. The monoisotopic (exact) mass is 337 g/mol. The van der Waals surface area contributed by atoms with Crippen molar-refractivity contribution in [2.24, 2.45) is 0 Å². The van der Waals surface area contributed by atoms with E-state index < -0.39 is 44.0 Å². The van der Waals surface area contributed by atoms with Gasteiger partial charge in [0.25, 0.3) is 10.0 Å². The molecule has 0 radical (unpaired) electrons. The Labute approximate surface area is 122 Å². The second-order valence-electron chi connectivity index (χ2n) is 4.25. The zero-order chi connectivity index (χ0) is 16.5. The van der Waals surface area contributed by atoms with Gasteiger partial charge in [-0.25, -0.2) is 17.2 Å². The third-order valence-corrected chi connectivity index (χ3v) is 4.05. The van der Waals surface area contributed by atoms with Crippen molar-refractivity contribution in [3.63, 3.8) is 0 Å². The number of rotatable bonds is 3. The molecule has 0 aromatic heterocycles. The van der Waals surface area contributed by atoms with Crippen LogP contribution in [0.2, 0.25) is 0 Å². The smallest absolute Gasteiger partial charge is 0.277 e. The van der Waals surface area contributed by atoms with E-state index in [1.165, 1.54) is 0 Å². The van der Waals surface area contributed by atoms with E-state index in [4.69, 9.17) is 0 Å². The minimum atomic E-state index is -4.61. The third kappa shape index (κ3) is 3.53. The summed E-state index contributed by atoms with van der Waals surface area (Å²) < 4.78 is 89.3. The molecular weight excluding hydrogens is 329 g/mol. The summed E-state index contributed by atoms with van der Waals surface area (Å²) >= 11 is 0. The van der Waals surface area contributed by atoms with Crippen LogP contribution in [0.1, 0.15) is 5.56 Å². The lowest BCUT2D eigenvalue weighted by atomic mass is 10.2. The van der Waals surface area contributed by atoms with Gasteiger partial charge in [0.15, 0.2) is 0 Å². The van der Waals surface area contributed by atoms with E-state index in [-0.39, 0.29) is 0 Å². The Kier molecular flexibility index (Phi) is 4.10. The third-order valence-electron chi connectivity index (χ3n) is 2.66. The van der Waals surface area contributed by atoms with Crippen molar-refractivity contribution in [3.05, 3.63) is 59.7 Å². The standard InChI is InChI=1S/C13H8F5NO2S/c14-9-3-6-11(15)12(7-9)19-22(20,21)10-4-1-8(2-5-10)13(16,17)18/h1-7,19H. The predicted octanol–water partition coefficient (Wildman–Crippen LogP) is 3.78. The zero-order valence-corrected chi connectivity index (χ0v) is 11.5. The van der Waals surface area contributed by atoms with Crippen LogP contribution in [0.15, 0.2) is 47.4 Å². The summed E-state index contributed by atoms with van der Waals surface area (Å²) in [6, 6.07) is 4.75. The Bertz CT molecular complexity index is 785. The second-order valence-corrected chi connectivity index (χ2v) is 5.93. The number of nitrogens with one attached hydrogen (secondary N) is 1. The van der Waals surface area contributed by atoms with Gasteiger partial charge in [0.2, 0.25) is 0 Å². The first-order valence-corrected chi connectivity index (χ1v) is 7.23. The molecule has 2 aromatic carbocycles. The average molecular weight is 337 g/mol. The number of benzene rings is 2. The molecular formula is C13H8F5NO2S. The molecule has 0 unspecified atom stereocenters. The summed E-state index contributed by atoms with van der Waals surface area (Å²) in [6.45, 7) is 0. The SMILES string of the molecule is O=S(=O)(Nc1cc(F)ccc1F)c1ccc(C(F)(F)F)cc1. The van der Waals surface area contributed by atoms with Gasteiger partial charge in [0.05, 0.1) is 16.1 Å². The van der Waals surface area contributed by atoms with Crippen LogP contribution in [0, 0.1) is 11.6 Å². The van der Waals surface area contributed by atoms with Gasteiger partial charge in [-0.15, -0.1) is 0 Å². The fraction of sp³-hybridized carbons (Fsp3) is 0.0769. The molecule has 0 aliphatic heterocycles. The quantitative estimate of drug-likeness (QED) is 0.867.